The average Bonchev–Trinajstić information content (AvgIpc) is 2.90. The van der Waals surface area contributed by atoms with E-state index in [1.807, 2.05) is 0 Å². The van der Waals surface area contributed by atoms with Crippen molar-refractivity contribution in [3.05, 3.63) is 81.5 Å². The smallest absolute Gasteiger partial charge is 0.259 e. The minimum atomic E-state index is -0.536. The molecule has 0 radical (unpaired) electrons. The van der Waals surface area contributed by atoms with Crippen LogP contribution in [0, 0.1) is 5.41 Å². The molecule has 2 aromatic carbocycles. The molecule has 3 aromatic rings. The van der Waals surface area contributed by atoms with Crippen LogP contribution in [0.15, 0.2) is 54.7 Å². The first-order valence-corrected chi connectivity index (χ1v) is 12.2. The van der Waals surface area contributed by atoms with Crippen molar-refractivity contribution in [2.75, 3.05) is 30.8 Å². The van der Waals surface area contributed by atoms with Gasteiger partial charge in [0, 0.05) is 41.5 Å². The lowest BCUT2D eigenvalue weighted by Crippen LogP contribution is -2.35. The van der Waals surface area contributed by atoms with E-state index in [0.717, 1.165) is 31.5 Å². The van der Waals surface area contributed by atoms with E-state index in [-0.39, 0.29) is 27.8 Å². The molecule has 0 aliphatic carbocycles. The third kappa shape index (κ3) is 5.95. The summed E-state index contributed by atoms with van der Waals surface area (Å²) in [5.74, 6) is -0.00619. The van der Waals surface area contributed by atoms with Gasteiger partial charge in [-0.15, -0.1) is 0 Å². The van der Waals surface area contributed by atoms with Gasteiger partial charge in [-0.05, 0) is 49.6 Å². The van der Waals surface area contributed by atoms with Gasteiger partial charge in [0.2, 0.25) is 0 Å². The lowest BCUT2D eigenvalue weighted by molar-refractivity contribution is 0.102. The Bertz CT molecular complexity index is 1270. The van der Waals surface area contributed by atoms with Crippen molar-refractivity contribution in [1.29, 1.82) is 5.41 Å². The molecule has 4 rings (SSSR count). The molecule has 186 valence electrons. The van der Waals surface area contributed by atoms with Crippen LogP contribution in [0.4, 0.5) is 11.5 Å². The predicted molar refractivity (Wildman–Crippen MR) is 142 cm³/mol. The Morgan fingerprint density at radius 3 is 2.25 bits per heavy atom. The minimum Gasteiger partial charge on any atom is -0.494 e. The highest BCUT2D eigenvalue weighted by Crippen LogP contribution is 2.33. The first-order valence-electron chi connectivity index (χ1n) is 11.4. The number of hydrogen-bond acceptors (Lipinski definition) is 5. The second-order valence-corrected chi connectivity index (χ2v) is 9.15. The van der Waals surface area contributed by atoms with Crippen molar-refractivity contribution in [3.63, 3.8) is 0 Å². The number of pyridine rings is 1. The molecule has 0 atom stereocenters. The second-order valence-electron chi connectivity index (χ2n) is 8.27. The third-order valence-electron chi connectivity index (χ3n) is 5.83. The number of amidine groups is 1. The summed E-state index contributed by atoms with van der Waals surface area (Å²) in [4.78, 5) is 32.3. The third-order valence-corrected chi connectivity index (χ3v) is 6.27. The highest BCUT2D eigenvalue weighted by molar-refractivity contribution is 6.32. The molecule has 1 fully saturated rings. The van der Waals surface area contributed by atoms with Gasteiger partial charge < -0.3 is 20.3 Å². The number of aromatic nitrogens is 1. The number of amides is 2. The maximum Gasteiger partial charge on any atom is 0.259 e. The van der Waals surface area contributed by atoms with Crippen LogP contribution in [0.5, 0.6) is 5.75 Å². The molecule has 1 aliphatic rings. The van der Waals surface area contributed by atoms with Crippen LogP contribution in [-0.4, -0.2) is 47.7 Å². The Morgan fingerprint density at radius 2 is 1.61 bits per heavy atom. The van der Waals surface area contributed by atoms with Crippen molar-refractivity contribution in [2.45, 2.75) is 19.3 Å². The zero-order valence-corrected chi connectivity index (χ0v) is 21.1. The Kier molecular flexibility index (Phi) is 8.07. The van der Waals surface area contributed by atoms with Crippen LogP contribution in [0.2, 0.25) is 10.0 Å². The SMILES string of the molecule is COc1cc(Cl)cc(C(=O)Nc2ccc(Cl)cn2)c1NC(=O)c1ccc(C(=N)N2CCCCC2)cc1. The molecule has 0 unspecified atom stereocenters. The summed E-state index contributed by atoms with van der Waals surface area (Å²) >= 11 is 12.1. The van der Waals surface area contributed by atoms with E-state index < -0.39 is 11.8 Å². The lowest BCUT2D eigenvalue weighted by atomic mass is 10.1. The highest BCUT2D eigenvalue weighted by atomic mass is 35.5. The van der Waals surface area contributed by atoms with Crippen molar-refractivity contribution in [1.82, 2.24) is 9.88 Å². The number of hydrogen-bond donors (Lipinski definition) is 3. The number of ether oxygens (including phenoxy) is 1. The van der Waals surface area contributed by atoms with E-state index >= 15 is 0 Å². The molecule has 2 amide bonds. The fourth-order valence-electron chi connectivity index (χ4n) is 3.95. The summed E-state index contributed by atoms with van der Waals surface area (Å²) in [6.45, 7) is 1.74. The number of nitrogens with zero attached hydrogens (tertiary/aromatic N) is 2. The number of piperidine rings is 1. The van der Waals surface area contributed by atoms with Crippen LogP contribution in [0.25, 0.3) is 0 Å². The molecule has 0 bridgehead atoms. The number of benzene rings is 2. The normalized spacial score (nSPS) is 13.1. The second kappa shape index (κ2) is 11.4. The summed E-state index contributed by atoms with van der Waals surface area (Å²) in [5.41, 5.74) is 1.39. The summed E-state index contributed by atoms with van der Waals surface area (Å²) in [5, 5.41) is 14.6. The van der Waals surface area contributed by atoms with E-state index in [1.165, 1.54) is 31.9 Å². The van der Waals surface area contributed by atoms with Gasteiger partial charge >= 0.3 is 0 Å². The van der Waals surface area contributed by atoms with Crippen LogP contribution in [0.3, 0.4) is 0 Å². The largest absolute Gasteiger partial charge is 0.494 e. The number of methoxy groups -OCH3 is 1. The number of rotatable bonds is 6. The first-order chi connectivity index (χ1) is 17.4. The molecule has 0 spiro atoms. The lowest BCUT2D eigenvalue weighted by Gasteiger charge is -2.29. The van der Waals surface area contributed by atoms with Crippen LogP contribution >= 0.6 is 23.2 Å². The molecule has 3 N–H and O–H groups in total. The summed E-state index contributed by atoms with van der Waals surface area (Å²) in [7, 11) is 1.42. The topological polar surface area (TPSA) is 107 Å². The van der Waals surface area contributed by atoms with Gasteiger partial charge in [0.1, 0.15) is 17.4 Å². The molecule has 1 aliphatic heterocycles. The fraction of sp³-hybridized carbons (Fsp3) is 0.231. The zero-order chi connectivity index (χ0) is 25.7. The summed E-state index contributed by atoms with van der Waals surface area (Å²) < 4.78 is 5.39. The molecule has 10 heteroatoms. The predicted octanol–water partition coefficient (Wildman–Crippen LogP) is 5.71. The standard InChI is InChI=1S/C26H25Cl2N5O3/c1-36-21-14-19(28)13-20(26(35)31-22-10-9-18(27)15-30-22)23(21)32-25(34)17-7-5-16(6-8-17)24(29)33-11-3-2-4-12-33/h5-10,13-15,29H,2-4,11-12H2,1H3,(H,32,34)(H,30,31,35). The number of carbonyl (C=O) groups excluding carboxylic acids is 2. The zero-order valence-electron chi connectivity index (χ0n) is 19.6. The Morgan fingerprint density at radius 1 is 0.917 bits per heavy atom. The highest BCUT2D eigenvalue weighted by Gasteiger charge is 2.21. The van der Waals surface area contributed by atoms with E-state index in [0.29, 0.717) is 16.4 Å². The van der Waals surface area contributed by atoms with Crippen molar-refractivity contribution >= 4 is 52.4 Å². The van der Waals surface area contributed by atoms with Crippen molar-refractivity contribution in [2.24, 2.45) is 0 Å². The summed E-state index contributed by atoms with van der Waals surface area (Å²) in [6, 6.07) is 12.9. The van der Waals surface area contributed by atoms with Crippen LogP contribution < -0.4 is 15.4 Å². The number of carbonyl (C=O) groups is 2. The van der Waals surface area contributed by atoms with Crippen molar-refractivity contribution in [3.8, 4) is 5.75 Å². The van der Waals surface area contributed by atoms with Crippen molar-refractivity contribution < 1.29 is 14.3 Å². The molecule has 1 aromatic heterocycles. The van der Waals surface area contributed by atoms with Gasteiger partial charge in [-0.3, -0.25) is 15.0 Å². The number of halogens is 2. The maximum atomic E-state index is 13.1. The van der Waals surface area contributed by atoms with Gasteiger partial charge in [-0.25, -0.2) is 4.98 Å². The van der Waals surface area contributed by atoms with E-state index in [4.69, 9.17) is 33.3 Å². The number of likely N-dealkylation sites (tertiary alicyclic amines) is 1. The number of nitrogens with one attached hydrogen (secondary N) is 3. The maximum absolute atomic E-state index is 13.1. The van der Waals surface area contributed by atoms with E-state index in [2.05, 4.69) is 20.5 Å². The molecular formula is C26H25Cl2N5O3. The van der Waals surface area contributed by atoms with E-state index in [9.17, 15) is 9.59 Å². The quantitative estimate of drug-likeness (QED) is 0.282. The Labute approximate surface area is 219 Å². The Balaban J connectivity index is 1.55. The molecule has 36 heavy (non-hydrogen) atoms. The van der Waals surface area contributed by atoms with Gasteiger partial charge in [0.15, 0.2) is 0 Å². The average molecular weight is 526 g/mol. The fourth-order valence-corrected chi connectivity index (χ4v) is 4.27. The van der Waals surface area contributed by atoms with Gasteiger partial charge in [0.25, 0.3) is 11.8 Å². The monoisotopic (exact) mass is 525 g/mol. The molecule has 8 nitrogen and oxygen atoms in total. The molecular weight excluding hydrogens is 501 g/mol. The molecule has 1 saturated heterocycles. The van der Waals surface area contributed by atoms with E-state index in [1.54, 1.807) is 36.4 Å². The van der Waals surface area contributed by atoms with Crippen LogP contribution in [0.1, 0.15) is 45.5 Å². The van der Waals surface area contributed by atoms with Gasteiger partial charge in [-0.1, -0.05) is 35.3 Å². The van der Waals surface area contributed by atoms with Crippen LogP contribution in [-0.2, 0) is 0 Å². The van der Waals surface area contributed by atoms with Gasteiger partial charge in [0.05, 0.1) is 23.4 Å². The minimum absolute atomic E-state index is 0.105. The molecule has 2 heterocycles. The first kappa shape index (κ1) is 25.5. The Hall–Kier alpha value is -3.62. The summed E-state index contributed by atoms with van der Waals surface area (Å²) in [6.07, 6.45) is 4.76. The van der Waals surface area contributed by atoms with Gasteiger partial charge in [-0.2, -0.15) is 0 Å². The molecule has 0 saturated carbocycles. The number of anilines is 2.